The minimum atomic E-state index is -0.588. The average molecular weight is 406 g/mol. The van der Waals surface area contributed by atoms with Crippen LogP contribution in [0.5, 0.6) is 0 Å². The van der Waals surface area contributed by atoms with E-state index in [1.165, 1.54) is 0 Å². The van der Waals surface area contributed by atoms with Crippen LogP contribution in [0.1, 0.15) is 63.1 Å². The van der Waals surface area contributed by atoms with Gasteiger partial charge in [0.2, 0.25) is 5.70 Å². The molecule has 7 nitrogen and oxygen atoms in total. The number of hydrogen-bond donors (Lipinski definition) is 1. The third-order valence-electron chi connectivity index (χ3n) is 5.94. The van der Waals surface area contributed by atoms with Gasteiger partial charge in [0.05, 0.1) is 22.6 Å². The molecule has 154 valence electrons. The number of Topliss-reactive ketones (excluding diaryl/α,β-unsaturated/α-hetero) is 1. The molecule has 2 aliphatic carbocycles. The van der Waals surface area contributed by atoms with E-state index in [1.54, 1.807) is 12.3 Å². The third kappa shape index (κ3) is 2.83. The standard InChI is InChI=1S/C23H23N3O4/c1-23(2,3)30-22(28)25-11-17-19-14-8-12(27)9-15(14)21-20(16(19)10-24-17)13-6-4-5-7-18(13)26(21)29/h8,10H,4-7,9,11H2,1-3H3/p+1. The maximum Gasteiger partial charge on any atom is 0.407 e. The number of aliphatic imine (C=N–C) groups is 1. The van der Waals surface area contributed by atoms with E-state index in [2.05, 4.69) is 10.3 Å². The van der Waals surface area contributed by atoms with E-state index in [0.717, 1.165) is 68.8 Å². The molecule has 0 fully saturated rings. The number of carbonyl (C=O) groups is 2. The zero-order valence-electron chi connectivity index (χ0n) is 17.4. The minimum absolute atomic E-state index is 0.00905. The highest BCUT2D eigenvalue weighted by atomic mass is 16.6. The summed E-state index contributed by atoms with van der Waals surface area (Å²) in [4.78, 5) is 42.1. The smallest absolute Gasteiger partial charge is 0.407 e. The van der Waals surface area contributed by atoms with Crippen LogP contribution in [0, 0.1) is 4.91 Å². The van der Waals surface area contributed by atoms with Crippen LogP contribution < -0.4 is 15.8 Å². The number of carbonyl (C=O) groups excluding carboxylic acids is 2. The van der Waals surface area contributed by atoms with Crippen LogP contribution in [-0.4, -0.2) is 35.0 Å². The number of alkyl carbamates (subject to hydrolysis) is 1. The van der Waals surface area contributed by atoms with Crippen LogP contribution in [-0.2, 0) is 16.0 Å². The van der Waals surface area contributed by atoms with Gasteiger partial charge in [0.1, 0.15) is 5.60 Å². The summed E-state index contributed by atoms with van der Waals surface area (Å²) in [7, 11) is 0. The number of amides is 1. The lowest BCUT2D eigenvalue weighted by atomic mass is 9.88. The quantitative estimate of drug-likeness (QED) is 0.764. The van der Waals surface area contributed by atoms with Gasteiger partial charge in [-0.25, -0.2) is 4.79 Å². The molecule has 0 atom stereocenters. The van der Waals surface area contributed by atoms with Crippen molar-refractivity contribution in [3.8, 4) is 0 Å². The highest BCUT2D eigenvalue weighted by molar-refractivity contribution is 6.12. The Kier molecular flexibility index (Phi) is 4.07. The van der Waals surface area contributed by atoms with Crippen molar-refractivity contribution in [1.82, 2.24) is 5.32 Å². The molecule has 1 aromatic rings. The number of fused-ring (bicyclic) bond motifs is 7. The molecule has 1 N–H and O–H groups in total. The van der Waals surface area contributed by atoms with E-state index in [9.17, 15) is 14.5 Å². The molecule has 0 saturated carbocycles. The topological polar surface area (TPSA) is 87.8 Å². The van der Waals surface area contributed by atoms with Gasteiger partial charge in [0.25, 0.3) is 5.69 Å². The molecule has 0 unspecified atom stereocenters. The van der Waals surface area contributed by atoms with Gasteiger partial charge in [-0.1, -0.05) is 0 Å². The van der Waals surface area contributed by atoms with Crippen molar-refractivity contribution in [1.29, 1.82) is 0 Å². The molecule has 0 aromatic heterocycles. The maximum absolute atomic E-state index is 13.1. The summed E-state index contributed by atoms with van der Waals surface area (Å²) < 4.78 is 6.38. The minimum Gasteiger partial charge on any atom is -0.444 e. The zero-order valence-corrected chi connectivity index (χ0v) is 17.4. The molecule has 0 bridgehead atoms. The second-order valence-electron chi connectivity index (χ2n) is 9.18. The van der Waals surface area contributed by atoms with Crippen molar-refractivity contribution in [3.05, 3.63) is 37.7 Å². The van der Waals surface area contributed by atoms with Crippen molar-refractivity contribution >= 4 is 41.1 Å². The fraction of sp³-hybridized carbons (Fsp3) is 0.435. The van der Waals surface area contributed by atoms with Crippen LogP contribution in [0.4, 0.5) is 10.5 Å². The maximum atomic E-state index is 13.1. The number of hydrogen-bond acceptors (Lipinski definition) is 5. The van der Waals surface area contributed by atoms with E-state index < -0.39 is 11.7 Å². The van der Waals surface area contributed by atoms with Crippen LogP contribution in [0.25, 0.3) is 17.3 Å². The van der Waals surface area contributed by atoms with Gasteiger partial charge in [-0.2, -0.15) is 0 Å². The lowest BCUT2D eigenvalue weighted by molar-refractivity contribution is -0.406. The van der Waals surface area contributed by atoms with Crippen LogP contribution in [0.2, 0.25) is 0 Å². The van der Waals surface area contributed by atoms with E-state index in [-0.39, 0.29) is 18.7 Å². The first-order valence-electron chi connectivity index (χ1n) is 10.4. The summed E-state index contributed by atoms with van der Waals surface area (Å²) in [6.45, 7) is 5.62. The van der Waals surface area contributed by atoms with E-state index in [4.69, 9.17) is 4.74 Å². The summed E-state index contributed by atoms with van der Waals surface area (Å²) >= 11 is 0. The molecule has 4 aliphatic rings. The number of nitroso groups, excluding NO2 is 1. The Morgan fingerprint density at radius 2 is 2.03 bits per heavy atom. The summed E-state index contributed by atoms with van der Waals surface area (Å²) in [6, 6.07) is 0. The highest BCUT2D eigenvalue weighted by Crippen LogP contribution is 2.47. The first-order valence-corrected chi connectivity index (χ1v) is 10.4. The summed E-state index contributed by atoms with van der Waals surface area (Å²) in [5.41, 5.74) is 5.27. The molecular formula is C23H24N3O4+. The van der Waals surface area contributed by atoms with E-state index >= 15 is 0 Å². The normalized spacial score (nSPS) is 18.8. The summed E-state index contributed by atoms with van der Waals surface area (Å²) in [5.74, 6) is -0.00905. The number of nitrogens with zero attached hydrogens (tertiary/aromatic N) is 2. The van der Waals surface area contributed by atoms with Gasteiger partial charge in [0.15, 0.2) is 5.78 Å². The van der Waals surface area contributed by atoms with Gasteiger partial charge in [-0.05, 0) is 51.3 Å². The fourth-order valence-electron chi connectivity index (χ4n) is 4.85. The predicted molar refractivity (Wildman–Crippen MR) is 113 cm³/mol. The molecule has 7 heteroatoms. The van der Waals surface area contributed by atoms with Gasteiger partial charge >= 0.3 is 6.09 Å². The number of nitrogens with one attached hydrogen (secondary N) is 1. The van der Waals surface area contributed by atoms with Crippen molar-refractivity contribution < 1.29 is 19.1 Å². The van der Waals surface area contributed by atoms with Crippen molar-refractivity contribution in [2.45, 2.75) is 58.5 Å². The largest absolute Gasteiger partial charge is 0.444 e. The molecular weight excluding hydrogens is 382 g/mol. The Labute approximate surface area is 173 Å². The zero-order chi connectivity index (χ0) is 21.2. The lowest BCUT2D eigenvalue weighted by Gasteiger charge is -2.19. The Morgan fingerprint density at radius 3 is 2.80 bits per heavy atom. The molecule has 0 radical (unpaired) electrons. The van der Waals surface area contributed by atoms with Crippen LogP contribution in [0.3, 0.4) is 0 Å². The van der Waals surface area contributed by atoms with E-state index in [1.807, 2.05) is 20.8 Å². The monoisotopic (exact) mass is 406 g/mol. The van der Waals surface area contributed by atoms with Gasteiger partial charge in [0, 0.05) is 45.9 Å². The van der Waals surface area contributed by atoms with Gasteiger partial charge in [-0.3, -0.25) is 9.79 Å². The number of ether oxygens (including phenoxy) is 1. The molecule has 1 aromatic carbocycles. The first-order chi connectivity index (χ1) is 14.2. The molecule has 5 rings (SSSR count). The Balaban J connectivity index is 1.65. The average Bonchev–Trinajstić information content (AvgIpc) is 3.33. The second kappa shape index (κ2) is 6.45. The Hall–Kier alpha value is -3.09. The number of rotatable bonds is 2. The Morgan fingerprint density at radius 1 is 1.27 bits per heavy atom. The van der Waals surface area contributed by atoms with Crippen molar-refractivity contribution in [2.24, 2.45) is 4.99 Å². The summed E-state index contributed by atoms with van der Waals surface area (Å²) in [5, 5.41) is 4.39. The number of ketones is 1. The Bertz CT molecular complexity index is 1230. The third-order valence-corrected chi connectivity index (χ3v) is 5.94. The number of allylic oxidation sites excluding steroid dienone is 2. The molecule has 2 heterocycles. The molecule has 30 heavy (non-hydrogen) atoms. The molecule has 0 saturated heterocycles. The van der Waals surface area contributed by atoms with Gasteiger partial charge < -0.3 is 10.1 Å². The second-order valence-corrected chi connectivity index (χ2v) is 9.18. The fourth-order valence-corrected chi connectivity index (χ4v) is 4.85. The van der Waals surface area contributed by atoms with Crippen LogP contribution >= 0.6 is 0 Å². The first kappa shape index (κ1) is 18.9. The molecule has 2 aliphatic heterocycles. The van der Waals surface area contributed by atoms with E-state index in [0.29, 0.717) is 11.4 Å². The van der Waals surface area contributed by atoms with Crippen molar-refractivity contribution in [2.75, 3.05) is 6.54 Å². The van der Waals surface area contributed by atoms with Crippen LogP contribution in [0.15, 0.2) is 10.7 Å². The molecule has 1 amide bonds. The highest BCUT2D eigenvalue weighted by Gasteiger charge is 2.45. The van der Waals surface area contributed by atoms with Gasteiger partial charge in [-0.15, -0.1) is 0 Å². The lowest BCUT2D eigenvalue weighted by Crippen LogP contribution is -2.37. The molecule has 0 spiro atoms. The number of benzene rings is 1. The predicted octanol–water partition coefficient (Wildman–Crippen LogP) is 2.37. The summed E-state index contributed by atoms with van der Waals surface area (Å²) in [6.07, 6.45) is 6.79. The SMILES string of the molecule is CC(C)(C)OC(=O)NCC1=c2c(c3c(c4c2=CC(=O)C4)[N+](=O)C2=C3CCCC2)C=N1. The van der Waals surface area contributed by atoms with Crippen molar-refractivity contribution in [3.63, 3.8) is 0 Å².